The number of fused-ring (bicyclic) bond motifs is 2. The molecule has 0 fully saturated rings. The molecule has 9 heteroatoms. The van der Waals surface area contributed by atoms with Crippen LogP contribution in [-0.4, -0.2) is 45.8 Å². The fourth-order valence-corrected chi connectivity index (χ4v) is 5.08. The Morgan fingerprint density at radius 1 is 1.00 bits per heavy atom. The van der Waals surface area contributed by atoms with Gasteiger partial charge in [0.1, 0.15) is 12.4 Å². The Labute approximate surface area is 236 Å². The van der Waals surface area contributed by atoms with Gasteiger partial charge in [0, 0.05) is 43.6 Å². The molecule has 1 amide bonds. The molecule has 41 heavy (non-hydrogen) atoms. The molecule has 1 aliphatic rings. The number of carbonyl (C=O) groups is 2. The van der Waals surface area contributed by atoms with Gasteiger partial charge in [0.25, 0.3) is 5.91 Å². The zero-order valence-electron chi connectivity index (χ0n) is 22.2. The highest BCUT2D eigenvalue weighted by Crippen LogP contribution is 2.26. The first-order valence-electron chi connectivity index (χ1n) is 13.4. The molecule has 1 atom stereocenters. The maximum atomic E-state index is 13.6. The number of hydrogen-bond donors (Lipinski definition) is 1. The van der Waals surface area contributed by atoms with Crippen molar-refractivity contribution in [3.05, 3.63) is 126 Å². The van der Waals surface area contributed by atoms with Crippen LogP contribution in [0.3, 0.4) is 0 Å². The number of ether oxygens (including phenoxy) is 1. The number of aryl methyl sites for hydroxylation is 2. The number of amides is 1. The summed E-state index contributed by atoms with van der Waals surface area (Å²) in [6, 6.07) is 23.0. The van der Waals surface area contributed by atoms with E-state index in [0.29, 0.717) is 36.6 Å². The third-order valence-corrected chi connectivity index (χ3v) is 7.15. The zero-order chi connectivity index (χ0) is 28.2. The molecular weight excluding hydrogens is 521 g/mol. The van der Waals surface area contributed by atoms with Crippen molar-refractivity contribution in [1.82, 2.24) is 20.1 Å². The summed E-state index contributed by atoms with van der Waals surface area (Å²) in [6.07, 6.45) is 5.97. The number of anilines is 1. The Hall–Kier alpha value is -5.05. The van der Waals surface area contributed by atoms with Gasteiger partial charge in [0.2, 0.25) is 0 Å². The SMILES string of the molecule is O=C1N[C@@H](COC(=O)c2cccc3cnccc23)CN(Cc2ccc(F)cc2)c2cn(CCc3ccccc3)nc21. The maximum absolute atomic E-state index is 13.6. The lowest BCUT2D eigenvalue weighted by Crippen LogP contribution is -2.44. The predicted molar refractivity (Wildman–Crippen MR) is 153 cm³/mol. The van der Waals surface area contributed by atoms with E-state index in [9.17, 15) is 14.0 Å². The molecule has 3 aromatic carbocycles. The molecule has 1 N–H and O–H groups in total. The molecule has 0 radical (unpaired) electrons. The second kappa shape index (κ2) is 11.6. The molecule has 0 spiro atoms. The summed E-state index contributed by atoms with van der Waals surface area (Å²) in [5, 5.41) is 9.19. The second-order valence-electron chi connectivity index (χ2n) is 10.0. The molecule has 2 aromatic heterocycles. The van der Waals surface area contributed by atoms with Crippen LogP contribution in [-0.2, 0) is 24.2 Å². The Morgan fingerprint density at radius 2 is 1.83 bits per heavy atom. The lowest BCUT2D eigenvalue weighted by atomic mass is 10.1. The average molecular weight is 550 g/mol. The number of benzene rings is 3. The summed E-state index contributed by atoms with van der Waals surface area (Å²) in [6.45, 7) is 1.38. The molecule has 0 unspecified atom stereocenters. The van der Waals surface area contributed by atoms with Crippen LogP contribution < -0.4 is 10.2 Å². The summed E-state index contributed by atoms with van der Waals surface area (Å²) in [4.78, 5) is 32.5. The van der Waals surface area contributed by atoms with Gasteiger partial charge in [-0.05, 0) is 47.2 Å². The average Bonchev–Trinajstić information content (AvgIpc) is 3.39. The molecule has 0 saturated heterocycles. The van der Waals surface area contributed by atoms with Crippen molar-refractivity contribution in [2.45, 2.75) is 25.6 Å². The maximum Gasteiger partial charge on any atom is 0.338 e. The third-order valence-electron chi connectivity index (χ3n) is 7.15. The summed E-state index contributed by atoms with van der Waals surface area (Å²) >= 11 is 0. The minimum absolute atomic E-state index is 0.0236. The molecule has 206 valence electrons. The summed E-state index contributed by atoms with van der Waals surface area (Å²) < 4.78 is 21.1. The standard InChI is InChI=1S/C32H28FN5O3/c33-25-11-9-23(10-12-25)18-37-19-26(21-41-32(40)28-8-4-7-24-17-34-15-13-27(24)28)35-31(39)30-29(37)20-38(36-30)16-14-22-5-2-1-3-6-22/h1-13,15,17,20,26H,14,16,18-19,21H2,(H,35,39)/t26-/m1/s1. The number of aromatic nitrogens is 3. The first-order chi connectivity index (χ1) is 20.0. The van der Waals surface area contributed by atoms with Gasteiger partial charge in [-0.1, -0.05) is 54.6 Å². The van der Waals surface area contributed by atoms with Gasteiger partial charge >= 0.3 is 5.97 Å². The molecule has 6 rings (SSSR count). The van der Waals surface area contributed by atoms with Crippen LogP contribution in [0.25, 0.3) is 10.8 Å². The third kappa shape index (κ3) is 5.94. The molecule has 3 heterocycles. The van der Waals surface area contributed by atoms with Crippen LogP contribution >= 0.6 is 0 Å². The molecule has 0 saturated carbocycles. The van der Waals surface area contributed by atoms with Gasteiger partial charge < -0.3 is 15.0 Å². The summed E-state index contributed by atoms with van der Waals surface area (Å²) in [5.41, 5.74) is 3.47. The minimum Gasteiger partial charge on any atom is -0.460 e. The van der Waals surface area contributed by atoms with E-state index in [1.54, 1.807) is 47.4 Å². The number of pyridine rings is 1. The number of esters is 1. The van der Waals surface area contributed by atoms with Crippen molar-refractivity contribution in [3.8, 4) is 0 Å². The monoisotopic (exact) mass is 549 g/mol. The number of hydrogen-bond acceptors (Lipinski definition) is 6. The molecule has 0 aliphatic carbocycles. The van der Waals surface area contributed by atoms with Gasteiger partial charge in [0.15, 0.2) is 5.69 Å². The quantitative estimate of drug-likeness (QED) is 0.280. The van der Waals surface area contributed by atoms with E-state index >= 15 is 0 Å². The number of carbonyl (C=O) groups excluding carboxylic acids is 2. The van der Waals surface area contributed by atoms with Crippen LogP contribution in [0, 0.1) is 5.82 Å². The Morgan fingerprint density at radius 3 is 2.66 bits per heavy atom. The fraction of sp³-hybridized carbons (Fsp3) is 0.188. The van der Waals surface area contributed by atoms with Crippen LogP contribution in [0.1, 0.15) is 32.0 Å². The zero-order valence-corrected chi connectivity index (χ0v) is 22.2. The number of nitrogens with one attached hydrogen (secondary N) is 1. The number of halogens is 1. The van der Waals surface area contributed by atoms with E-state index in [2.05, 4.69) is 27.5 Å². The van der Waals surface area contributed by atoms with E-state index in [0.717, 1.165) is 22.8 Å². The second-order valence-corrected chi connectivity index (χ2v) is 10.0. The van der Waals surface area contributed by atoms with E-state index in [1.807, 2.05) is 35.4 Å². The van der Waals surface area contributed by atoms with Crippen LogP contribution in [0.15, 0.2) is 97.5 Å². The lowest BCUT2D eigenvalue weighted by molar-refractivity contribution is 0.0462. The van der Waals surface area contributed by atoms with Crippen molar-refractivity contribution in [2.75, 3.05) is 18.1 Å². The Kier molecular flexibility index (Phi) is 7.40. The fourth-order valence-electron chi connectivity index (χ4n) is 5.08. The summed E-state index contributed by atoms with van der Waals surface area (Å²) in [5.74, 6) is -1.13. The van der Waals surface area contributed by atoms with Crippen LogP contribution in [0.2, 0.25) is 0 Å². The topological polar surface area (TPSA) is 89.3 Å². The molecule has 8 nitrogen and oxygen atoms in total. The Balaban J connectivity index is 1.22. The lowest BCUT2D eigenvalue weighted by Gasteiger charge is -2.26. The normalized spacial score (nSPS) is 14.8. The first-order valence-corrected chi connectivity index (χ1v) is 13.4. The van der Waals surface area contributed by atoms with Crippen molar-refractivity contribution < 1.29 is 18.7 Å². The predicted octanol–water partition coefficient (Wildman–Crippen LogP) is 4.79. The molecule has 0 bridgehead atoms. The molecular formula is C32H28FN5O3. The molecule has 5 aromatic rings. The van der Waals surface area contributed by atoms with Crippen molar-refractivity contribution >= 4 is 28.3 Å². The largest absolute Gasteiger partial charge is 0.460 e. The van der Waals surface area contributed by atoms with Crippen molar-refractivity contribution in [2.24, 2.45) is 0 Å². The number of nitrogens with zero attached hydrogens (tertiary/aromatic N) is 4. The Bertz CT molecular complexity index is 1680. The van der Waals surface area contributed by atoms with Gasteiger partial charge in [-0.3, -0.25) is 14.5 Å². The summed E-state index contributed by atoms with van der Waals surface area (Å²) in [7, 11) is 0. The van der Waals surface area contributed by atoms with E-state index < -0.39 is 12.0 Å². The minimum atomic E-state index is -0.490. The van der Waals surface area contributed by atoms with E-state index in [4.69, 9.17) is 4.74 Å². The van der Waals surface area contributed by atoms with Gasteiger partial charge in [-0.2, -0.15) is 5.10 Å². The highest BCUT2D eigenvalue weighted by Gasteiger charge is 2.30. The van der Waals surface area contributed by atoms with Crippen LogP contribution in [0.5, 0.6) is 0 Å². The van der Waals surface area contributed by atoms with Gasteiger partial charge in [0.05, 0.1) is 17.3 Å². The van der Waals surface area contributed by atoms with Crippen molar-refractivity contribution in [3.63, 3.8) is 0 Å². The van der Waals surface area contributed by atoms with Gasteiger partial charge in [-0.15, -0.1) is 0 Å². The first kappa shape index (κ1) is 26.2. The number of rotatable bonds is 8. The van der Waals surface area contributed by atoms with E-state index in [-0.39, 0.29) is 18.3 Å². The van der Waals surface area contributed by atoms with Crippen LogP contribution in [0.4, 0.5) is 10.1 Å². The highest BCUT2D eigenvalue weighted by molar-refractivity contribution is 6.04. The highest BCUT2D eigenvalue weighted by atomic mass is 19.1. The van der Waals surface area contributed by atoms with Gasteiger partial charge in [-0.25, -0.2) is 9.18 Å². The molecule has 1 aliphatic heterocycles. The van der Waals surface area contributed by atoms with E-state index in [1.165, 1.54) is 17.7 Å². The smallest absolute Gasteiger partial charge is 0.338 e. The van der Waals surface area contributed by atoms with Crippen molar-refractivity contribution in [1.29, 1.82) is 0 Å².